The summed E-state index contributed by atoms with van der Waals surface area (Å²) in [4.78, 5) is 14.3. The monoisotopic (exact) mass is 266 g/mol. The van der Waals surface area contributed by atoms with Crippen LogP contribution in [0.4, 0.5) is 17.8 Å². The Labute approximate surface area is 115 Å². The zero-order valence-corrected chi connectivity index (χ0v) is 12.5. The quantitative estimate of drug-likeness (QED) is 0.750. The number of rotatable bonds is 8. The summed E-state index contributed by atoms with van der Waals surface area (Å²) in [6.45, 7) is 5.32. The normalized spacial score (nSPS) is 12.2. The Morgan fingerprint density at radius 1 is 1.21 bits per heavy atom. The molecule has 1 atom stereocenters. The van der Waals surface area contributed by atoms with E-state index in [4.69, 9.17) is 5.73 Å². The van der Waals surface area contributed by atoms with E-state index in [0.29, 0.717) is 17.8 Å². The molecule has 0 radical (unpaired) electrons. The SMILES string of the molecule is CCCCC(CC)CNc1nc(N)nc(N(C)C)n1. The third kappa shape index (κ3) is 5.28. The molecule has 1 heterocycles. The van der Waals surface area contributed by atoms with Crippen LogP contribution in [0.3, 0.4) is 0 Å². The van der Waals surface area contributed by atoms with Crippen molar-refractivity contribution in [1.82, 2.24) is 15.0 Å². The maximum atomic E-state index is 5.69. The summed E-state index contributed by atoms with van der Waals surface area (Å²) >= 11 is 0. The Bertz CT molecular complexity index is 379. The molecule has 6 nitrogen and oxygen atoms in total. The smallest absolute Gasteiger partial charge is 0.231 e. The second kappa shape index (κ2) is 7.76. The zero-order valence-electron chi connectivity index (χ0n) is 12.5. The molecule has 1 unspecified atom stereocenters. The minimum atomic E-state index is 0.253. The fourth-order valence-electron chi connectivity index (χ4n) is 1.84. The minimum Gasteiger partial charge on any atom is -0.368 e. The van der Waals surface area contributed by atoms with Crippen molar-refractivity contribution in [2.24, 2.45) is 5.92 Å². The molecule has 1 aromatic heterocycles. The van der Waals surface area contributed by atoms with Crippen molar-refractivity contribution in [1.29, 1.82) is 0 Å². The van der Waals surface area contributed by atoms with Crippen LogP contribution in [0.15, 0.2) is 0 Å². The standard InChI is InChI=1S/C13H26N6/c1-5-7-8-10(6-2)9-15-12-16-11(14)17-13(18-12)19(3)4/h10H,5-9H2,1-4H3,(H3,14,15,16,17,18). The summed E-state index contributed by atoms with van der Waals surface area (Å²) in [5, 5.41) is 3.27. The molecule has 1 rings (SSSR count). The first-order chi connectivity index (χ1) is 9.06. The Morgan fingerprint density at radius 3 is 2.53 bits per heavy atom. The summed E-state index contributed by atoms with van der Waals surface area (Å²) in [6.07, 6.45) is 4.90. The van der Waals surface area contributed by atoms with Gasteiger partial charge in [0, 0.05) is 20.6 Å². The third-order valence-electron chi connectivity index (χ3n) is 3.13. The van der Waals surface area contributed by atoms with E-state index in [1.165, 1.54) is 19.3 Å². The summed E-state index contributed by atoms with van der Waals surface area (Å²) < 4.78 is 0. The fraction of sp³-hybridized carbons (Fsp3) is 0.769. The lowest BCUT2D eigenvalue weighted by molar-refractivity contribution is 0.472. The molecule has 0 fully saturated rings. The first kappa shape index (κ1) is 15.5. The number of hydrogen-bond acceptors (Lipinski definition) is 6. The van der Waals surface area contributed by atoms with Gasteiger partial charge >= 0.3 is 0 Å². The van der Waals surface area contributed by atoms with Gasteiger partial charge in [-0.3, -0.25) is 0 Å². The highest BCUT2D eigenvalue weighted by molar-refractivity contribution is 5.40. The topological polar surface area (TPSA) is 80.0 Å². The van der Waals surface area contributed by atoms with Crippen molar-refractivity contribution in [3.8, 4) is 0 Å². The number of nitrogens with zero attached hydrogens (tertiary/aromatic N) is 4. The van der Waals surface area contributed by atoms with Gasteiger partial charge in [0.1, 0.15) is 0 Å². The molecule has 0 aliphatic carbocycles. The van der Waals surface area contributed by atoms with Crippen molar-refractivity contribution in [3.63, 3.8) is 0 Å². The molecule has 6 heteroatoms. The predicted molar refractivity (Wildman–Crippen MR) is 80.4 cm³/mol. The molecular weight excluding hydrogens is 240 g/mol. The van der Waals surface area contributed by atoms with E-state index in [1.807, 2.05) is 19.0 Å². The lowest BCUT2D eigenvalue weighted by Crippen LogP contribution is -2.19. The van der Waals surface area contributed by atoms with Gasteiger partial charge in [0.25, 0.3) is 0 Å². The van der Waals surface area contributed by atoms with Crippen LogP contribution in [0, 0.1) is 5.92 Å². The van der Waals surface area contributed by atoms with Gasteiger partial charge in [-0.1, -0.05) is 33.1 Å². The average Bonchev–Trinajstić information content (AvgIpc) is 2.38. The fourth-order valence-corrected chi connectivity index (χ4v) is 1.84. The van der Waals surface area contributed by atoms with Crippen LogP contribution in [0.1, 0.15) is 39.5 Å². The van der Waals surface area contributed by atoms with Gasteiger partial charge in [-0.2, -0.15) is 15.0 Å². The van der Waals surface area contributed by atoms with E-state index in [-0.39, 0.29) is 5.95 Å². The molecular formula is C13H26N6. The summed E-state index contributed by atoms with van der Waals surface area (Å²) in [5.74, 6) is 2.05. The largest absolute Gasteiger partial charge is 0.368 e. The Balaban J connectivity index is 2.60. The first-order valence-corrected chi connectivity index (χ1v) is 6.99. The molecule has 19 heavy (non-hydrogen) atoms. The Morgan fingerprint density at radius 2 is 1.95 bits per heavy atom. The van der Waals surface area contributed by atoms with Crippen LogP contribution in [-0.2, 0) is 0 Å². The Hall–Kier alpha value is -1.59. The molecule has 0 bridgehead atoms. The summed E-state index contributed by atoms with van der Waals surface area (Å²) in [5.41, 5.74) is 5.69. The van der Waals surface area contributed by atoms with E-state index in [1.54, 1.807) is 0 Å². The second-order valence-electron chi connectivity index (χ2n) is 5.01. The molecule has 0 aliphatic rings. The van der Waals surface area contributed by atoms with Crippen LogP contribution < -0.4 is 16.0 Å². The molecule has 0 saturated heterocycles. The molecule has 0 aliphatic heterocycles. The number of nitrogens with one attached hydrogen (secondary N) is 1. The average molecular weight is 266 g/mol. The highest BCUT2D eigenvalue weighted by Gasteiger charge is 2.09. The van der Waals surface area contributed by atoms with Crippen LogP contribution in [0.25, 0.3) is 0 Å². The molecule has 0 saturated carbocycles. The molecule has 0 amide bonds. The summed E-state index contributed by atoms with van der Waals surface area (Å²) in [7, 11) is 3.77. The van der Waals surface area contributed by atoms with E-state index in [9.17, 15) is 0 Å². The number of unbranched alkanes of at least 4 members (excludes halogenated alkanes) is 1. The maximum Gasteiger partial charge on any atom is 0.231 e. The maximum absolute atomic E-state index is 5.69. The van der Waals surface area contributed by atoms with Gasteiger partial charge in [-0.15, -0.1) is 0 Å². The highest BCUT2D eigenvalue weighted by atomic mass is 15.3. The van der Waals surface area contributed by atoms with Crippen molar-refractivity contribution in [2.75, 3.05) is 36.6 Å². The van der Waals surface area contributed by atoms with E-state index in [2.05, 4.69) is 34.1 Å². The van der Waals surface area contributed by atoms with Gasteiger partial charge in [-0.25, -0.2) is 0 Å². The van der Waals surface area contributed by atoms with E-state index in [0.717, 1.165) is 13.0 Å². The van der Waals surface area contributed by atoms with Crippen LogP contribution in [0.5, 0.6) is 0 Å². The third-order valence-corrected chi connectivity index (χ3v) is 3.13. The van der Waals surface area contributed by atoms with Crippen molar-refractivity contribution in [3.05, 3.63) is 0 Å². The number of aromatic nitrogens is 3. The lowest BCUT2D eigenvalue weighted by Gasteiger charge is -2.16. The van der Waals surface area contributed by atoms with Crippen molar-refractivity contribution >= 4 is 17.8 Å². The summed E-state index contributed by atoms with van der Waals surface area (Å²) in [6, 6.07) is 0. The number of anilines is 3. The molecule has 1 aromatic rings. The van der Waals surface area contributed by atoms with Crippen molar-refractivity contribution in [2.45, 2.75) is 39.5 Å². The van der Waals surface area contributed by atoms with Gasteiger partial charge in [0.2, 0.25) is 17.8 Å². The van der Waals surface area contributed by atoms with Crippen LogP contribution >= 0.6 is 0 Å². The van der Waals surface area contributed by atoms with Crippen molar-refractivity contribution < 1.29 is 0 Å². The van der Waals surface area contributed by atoms with Gasteiger partial charge in [0.15, 0.2) is 0 Å². The van der Waals surface area contributed by atoms with Crippen LogP contribution in [0.2, 0.25) is 0 Å². The molecule has 0 spiro atoms. The van der Waals surface area contributed by atoms with E-state index >= 15 is 0 Å². The number of nitrogens with two attached hydrogens (primary N) is 1. The zero-order chi connectivity index (χ0) is 14.3. The predicted octanol–water partition coefficient (Wildman–Crippen LogP) is 2.15. The minimum absolute atomic E-state index is 0.253. The Kier molecular flexibility index (Phi) is 6.32. The van der Waals surface area contributed by atoms with Gasteiger partial charge < -0.3 is 16.0 Å². The van der Waals surface area contributed by atoms with Gasteiger partial charge in [0.05, 0.1) is 0 Å². The number of nitrogen functional groups attached to an aromatic ring is 1. The number of hydrogen-bond donors (Lipinski definition) is 2. The molecule has 3 N–H and O–H groups in total. The van der Waals surface area contributed by atoms with Crippen LogP contribution in [-0.4, -0.2) is 35.6 Å². The lowest BCUT2D eigenvalue weighted by atomic mass is 9.99. The molecule has 108 valence electrons. The first-order valence-electron chi connectivity index (χ1n) is 6.99. The highest BCUT2D eigenvalue weighted by Crippen LogP contribution is 2.14. The molecule has 0 aromatic carbocycles. The van der Waals surface area contributed by atoms with Gasteiger partial charge in [-0.05, 0) is 12.3 Å². The van der Waals surface area contributed by atoms with E-state index < -0.39 is 0 Å². The second-order valence-corrected chi connectivity index (χ2v) is 5.01.